The van der Waals surface area contributed by atoms with Crippen LogP contribution in [-0.4, -0.2) is 41.4 Å². The van der Waals surface area contributed by atoms with Gasteiger partial charge in [0.25, 0.3) is 5.69 Å². The summed E-state index contributed by atoms with van der Waals surface area (Å²) in [5.74, 6) is 0. The van der Waals surface area contributed by atoms with Crippen molar-refractivity contribution in [2.24, 2.45) is 5.10 Å². The van der Waals surface area contributed by atoms with Crippen LogP contribution >= 0.6 is 0 Å². The first-order valence-electron chi connectivity index (χ1n) is 8.30. The number of rotatable bonds is 8. The zero-order chi connectivity index (χ0) is 20.0. The number of anilines is 1. The van der Waals surface area contributed by atoms with E-state index in [2.05, 4.69) is 15.5 Å². The first-order chi connectivity index (χ1) is 12.8. The smallest absolute Gasteiger partial charge is 0.270 e. The third-order valence-electron chi connectivity index (χ3n) is 3.94. The zero-order valence-corrected chi connectivity index (χ0v) is 16.1. The van der Waals surface area contributed by atoms with Gasteiger partial charge in [-0.05, 0) is 25.1 Å². The molecule has 144 valence electrons. The molecule has 1 N–H and O–H groups in total. The fourth-order valence-corrected chi connectivity index (χ4v) is 4.05. The molecule has 0 aliphatic carbocycles. The van der Waals surface area contributed by atoms with E-state index in [9.17, 15) is 18.5 Å². The Labute approximate surface area is 157 Å². The number of benzene rings is 1. The Morgan fingerprint density at radius 3 is 2.41 bits per heavy atom. The van der Waals surface area contributed by atoms with E-state index >= 15 is 0 Å². The molecule has 10 heteroatoms. The Hall–Kier alpha value is -2.85. The lowest BCUT2D eigenvalue weighted by atomic mass is 10.2. The van der Waals surface area contributed by atoms with Crippen molar-refractivity contribution < 1.29 is 13.3 Å². The number of nitro groups is 1. The number of nitrogens with zero attached hydrogens (tertiary/aromatic N) is 4. The van der Waals surface area contributed by atoms with Crippen molar-refractivity contribution >= 4 is 27.1 Å². The highest BCUT2D eigenvalue weighted by atomic mass is 32.2. The molecule has 2 rings (SSSR count). The zero-order valence-electron chi connectivity index (χ0n) is 15.3. The van der Waals surface area contributed by atoms with Gasteiger partial charge in [-0.1, -0.05) is 13.8 Å². The van der Waals surface area contributed by atoms with Gasteiger partial charge in [0.15, 0.2) is 0 Å². The Morgan fingerprint density at radius 1 is 1.22 bits per heavy atom. The van der Waals surface area contributed by atoms with Crippen LogP contribution in [0.2, 0.25) is 0 Å². The van der Waals surface area contributed by atoms with Crippen molar-refractivity contribution in [1.82, 2.24) is 9.29 Å². The van der Waals surface area contributed by atoms with E-state index < -0.39 is 14.9 Å². The van der Waals surface area contributed by atoms with E-state index in [1.807, 2.05) is 0 Å². The van der Waals surface area contributed by atoms with Crippen LogP contribution in [0.25, 0.3) is 0 Å². The molecule has 27 heavy (non-hydrogen) atoms. The molecule has 0 fully saturated rings. The van der Waals surface area contributed by atoms with E-state index in [1.54, 1.807) is 45.3 Å². The molecular weight excluding hydrogens is 370 g/mol. The summed E-state index contributed by atoms with van der Waals surface area (Å²) in [6, 6.07) is 7.17. The van der Waals surface area contributed by atoms with Crippen LogP contribution < -0.4 is 5.43 Å². The van der Waals surface area contributed by atoms with Crippen molar-refractivity contribution in [3.8, 4) is 0 Å². The third-order valence-corrected chi connectivity index (χ3v) is 6.03. The van der Waals surface area contributed by atoms with Gasteiger partial charge in [0.2, 0.25) is 10.0 Å². The highest BCUT2D eigenvalue weighted by Gasteiger charge is 2.27. The molecule has 9 nitrogen and oxygen atoms in total. The minimum atomic E-state index is -3.91. The SMILES string of the molecule is CCN(CC)S(=O)(=O)c1cc([N+](=O)[O-])ccc1N/N=C(/C)c1ccncc1. The molecule has 2 aromatic rings. The number of nitrogens with one attached hydrogen (secondary N) is 1. The fraction of sp³-hybridized carbons (Fsp3) is 0.294. The van der Waals surface area contributed by atoms with Crippen LogP contribution in [0.4, 0.5) is 11.4 Å². The number of hydrogen-bond acceptors (Lipinski definition) is 7. The number of hydrazone groups is 1. The molecule has 0 aliphatic rings. The van der Waals surface area contributed by atoms with Crippen LogP contribution in [-0.2, 0) is 10.0 Å². The molecule has 0 aliphatic heterocycles. The predicted octanol–water partition coefficient (Wildman–Crippen LogP) is 2.86. The van der Waals surface area contributed by atoms with Gasteiger partial charge in [-0.2, -0.15) is 9.41 Å². The normalized spacial score (nSPS) is 12.2. The standard InChI is InChI=1S/C17H21N5O4S/c1-4-21(5-2)27(25,26)17-12-15(22(23)24)6-7-16(17)20-19-13(3)14-8-10-18-11-9-14/h6-12,20H,4-5H2,1-3H3/b19-13-. The fourth-order valence-electron chi connectivity index (χ4n) is 2.43. The summed E-state index contributed by atoms with van der Waals surface area (Å²) >= 11 is 0. The van der Waals surface area contributed by atoms with Gasteiger partial charge < -0.3 is 0 Å². The predicted molar refractivity (Wildman–Crippen MR) is 103 cm³/mol. The lowest BCUT2D eigenvalue weighted by Crippen LogP contribution is -2.31. The third kappa shape index (κ3) is 4.66. The molecule has 1 aromatic heterocycles. The summed E-state index contributed by atoms with van der Waals surface area (Å²) in [7, 11) is -3.91. The van der Waals surface area contributed by atoms with Crippen molar-refractivity contribution in [3.05, 3.63) is 58.4 Å². The number of nitro benzene ring substituents is 1. The summed E-state index contributed by atoms with van der Waals surface area (Å²) in [5.41, 5.74) is 4.01. The quantitative estimate of drug-likeness (QED) is 0.420. The Kier molecular flexibility index (Phi) is 6.59. The molecule has 0 atom stereocenters. The van der Waals surface area contributed by atoms with Crippen LogP contribution in [0.1, 0.15) is 26.3 Å². The summed E-state index contributed by atoms with van der Waals surface area (Å²) < 4.78 is 27.1. The Balaban J connectivity index is 2.49. The highest BCUT2D eigenvalue weighted by Crippen LogP contribution is 2.29. The van der Waals surface area contributed by atoms with Gasteiger partial charge in [-0.3, -0.25) is 20.5 Å². The maximum atomic E-state index is 12.9. The maximum absolute atomic E-state index is 12.9. The van der Waals surface area contributed by atoms with Crippen LogP contribution in [0, 0.1) is 10.1 Å². The highest BCUT2D eigenvalue weighted by molar-refractivity contribution is 7.89. The number of non-ortho nitro benzene ring substituents is 1. The molecule has 1 aromatic carbocycles. The molecule has 1 heterocycles. The van der Waals surface area contributed by atoms with Gasteiger partial charge in [0.1, 0.15) is 4.90 Å². The topological polar surface area (TPSA) is 118 Å². The lowest BCUT2D eigenvalue weighted by molar-refractivity contribution is -0.385. The van der Waals surface area contributed by atoms with Crippen LogP contribution in [0.5, 0.6) is 0 Å². The first kappa shape index (κ1) is 20.5. The Bertz CT molecular complexity index is 941. The maximum Gasteiger partial charge on any atom is 0.270 e. The second kappa shape index (κ2) is 8.69. The number of pyridine rings is 1. The van der Waals surface area contributed by atoms with Gasteiger partial charge in [0, 0.05) is 43.2 Å². The van der Waals surface area contributed by atoms with Crippen molar-refractivity contribution in [3.63, 3.8) is 0 Å². The molecule has 0 amide bonds. The number of sulfonamides is 1. The minimum absolute atomic E-state index is 0.168. The summed E-state index contributed by atoms with van der Waals surface area (Å²) in [6.45, 7) is 5.67. The first-order valence-corrected chi connectivity index (χ1v) is 9.74. The van der Waals surface area contributed by atoms with Crippen LogP contribution in [0.15, 0.2) is 52.7 Å². The summed E-state index contributed by atoms with van der Waals surface area (Å²) in [6.07, 6.45) is 3.24. The van der Waals surface area contributed by atoms with E-state index in [1.165, 1.54) is 16.4 Å². The molecule has 0 saturated heterocycles. The summed E-state index contributed by atoms with van der Waals surface area (Å²) in [5, 5.41) is 15.3. The number of aromatic nitrogens is 1. The largest absolute Gasteiger partial charge is 0.277 e. The van der Waals surface area contributed by atoms with Crippen molar-refractivity contribution in [1.29, 1.82) is 0 Å². The molecule has 0 spiro atoms. The van der Waals surface area contributed by atoms with E-state index in [0.29, 0.717) is 5.71 Å². The molecule has 0 bridgehead atoms. The molecule has 0 radical (unpaired) electrons. The molecule has 0 saturated carbocycles. The van der Waals surface area contributed by atoms with E-state index in [0.717, 1.165) is 11.6 Å². The average Bonchev–Trinajstić information content (AvgIpc) is 2.67. The number of hydrogen-bond donors (Lipinski definition) is 1. The second-order valence-corrected chi connectivity index (χ2v) is 7.48. The van der Waals surface area contributed by atoms with Crippen LogP contribution in [0.3, 0.4) is 0 Å². The van der Waals surface area contributed by atoms with Gasteiger partial charge in [-0.25, -0.2) is 8.42 Å². The van der Waals surface area contributed by atoms with Gasteiger partial charge in [0.05, 0.1) is 16.3 Å². The van der Waals surface area contributed by atoms with E-state index in [4.69, 9.17) is 0 Å². The van der Waals surface area contributed by atoms with Gasteiger partial charge in [-0.15, -0.1) is 0 Å². The summed E-state index contributed by atoms with van der Waals surface area (Å²) in [4.78, 5) is 14.2. The average molecular weight is 391 g/mol. The Morgan fingerprint density at radius 2 is 1.85 bits per heavy atom. The van der Waals surface area contributed by atoms with Crippen molar-refractivity contribution in [2.75, 3.05) is 18.5 Å². The van der Waals surface area contributed by atoms with Gasteiger partial charge >= 0.3 is 0 Å². The molecular formula is C17H21N5O4S. The monoisotopic (exact) mass is 391 g/mol. The van der Waals surface area contributed by atoms with Crippen molar-refractivity contribution in [2.45, 2.75) is 25.7 Å². The minimum Gasteiger partial charge on any atom is -0.277 e. The second-order valence-electron chi connectivity index (χ2n) is 5.57. The molecule has 0 unspecified atom stereocenters. The lowest BCUT2D eigenvalue weighted by Gasteiger charge is -2.20. The van der Waals surface area contributed by atoms with E-state index in [-0.39, 0.29) is 29.4 Å².